The van der Waals surface area contributed by atoms with Gasteiger partial charge in [-0.15, -0.1) is 0 Å². The van der Waals surface area contributed by atoms with E-state index in [0.717, 1.165) is 16.5 Å². The second-order valence-corrected chi connectivity index (χ2v) is 7.34. The van der Waals surface area contributed by atoms with Crippen molar-refractivity contribution in [3.8, 4) is 0 Å². The lowest BCUT2D eigenvalue weighted by atomic mass is 10.1. The van der Waals surface area contributed by atoms with E-state index in [1.54, 1.807) is 0 Å². The quantitative estimate of drug-likeness (QED) is 0.520. The number of nitrogens with zero attached hydrogens (tertiary/aromatic N) is 3. The van der Waals surface area contributed by atoms with Gasteiger partial charge in [0.2, 0.25) is 17.8 Å². The monoisotopic (exact) mass is 426 g/mol. The third-order valence-corrected chi connectivity index (χ3v) is 4.71. The third-order valence-electron chi connectivity index (χ3n) is 4.19. The standard InChI is InChI=1S/C20H23BrN6/c1-13-3-5-15(6-4-13)11-12-23-19-25-18(22)26-20(27-19)24-14(2)16-7-9-17(21)10-8-16/h3-10,14H,11-12H2,1-2H3,(H4,22,23,24,25,26,27)/t14-/m0/s1. The summed E-state index contributed by atoms with van der Waals surface area (Å²) in [6, 6.07) is 16.6. The molecule has 0 saturated carbocycles. The van der Waals surface area contributed by atoms with Gasteiger partial charge < -0.3 is 16.4 Å². The number of nitrogens with two attached hydrogens (primary N) is 1. The van der Waals surface area contributed by atoms with Crippen molar-refractivity contribution in [1.29, 1.82) is 0 Å². The maximum atomic E-state index is 5.84. The Kier molecular flexibility index (Phi) is 6.24. The van der Waals surface area contributed by atoms with Crippen LogP contribution in [0.25, 0.3) is 0 Å². The highest BCUT2D eigenvalue weighted by atomic mass is 79.9. The molecule has 2 aromatic carbocycles. The maximum Gasteiger partial charge on any atom is 0.229 e. The molecule has 140 valence electrons. The number of anilines is 3. The molecule has 1 aromatic heterocycles. The second kappa shape index (κ2) is 8.81. The molecule has 0 saturated heterocycles. The lowest BCUT2D eigenvalue weighted by molar-refractivity contribution is 0.853. The lowest BCUT2D eigenvalue weighted by Crippen LogP contribution is -2.14. The molecule has 3 rings (SSSR count). The Bertz CT molecular complexity index is 880. The van der Waals surface area contributed by atoms with E-state index < -0.39 is 0 Å². The molecule has 1 heterocycles. The maximum absolute atomic E-state index is 5.84. The van der Waals surface area contributed by atoms with E-state index >= 15 is 0 Å². The summed E-state index contributed by atoms with van der Waals surface area (Å²) in [7, 11) is 0. The normalized spacial score (nSPS) is 11.8. The zero-order chi connectivity index (χ0) is 19.2. The van der Waals surface area contributed by atoms with Crippen LogP contribution in [-0.2, 0) is 6.42 Å². The Labute approximate surface area is 167 Å². The van der Waals surface area contributed by atoms with Crippen LogP contribution in [0.4, 0.5) is 17.8 Å². The summed E-state index contributed by atoms with van der Waals surface area (Å²) in [6.45, 7) is 4.85. The zero-order valence-electron chi connectivity index (χ0n) is 15.4. The van der Waals surface area contributed by atoms with E-state index in [-0.39, 0.29) is 12.0 Å². The van der Waals surface area contributed by atoms with Crippen molar-refractivity contribution >= 4 is 33.8 Å². The molecule has 0 unspecified atom stereocenters. The van der Waals surface area contributed by atoms with E-state index in [0.29, 0.717) is 18.4 Å². The number of aryl methyl sites for hydroxylation is 1. The van der Waals surface area contributed by atoms with Gasteiger partial charge in [-0.25, -0.2) is 0 Å². The van der Waals surface area contributed by atoms with Crippen LogP contribution in [0, 0.1) is 6.92 Å². The largest absolute Gasteiger partial charge is 0.368 e. The summed E-state index contributed by atoms with van der Waals surface area (Å²) < 4.78 is 1.04. The van der Waals surface area contributed by atoms with Gasteiger partial charge in [0, 0.05) is 11.0 Å². The van der Waals surface area contributed by atoms with Crippen molar-refractivity contribution in [1.82, 2.24) is 15.0 Å². The van der Waals surface area contributed by atoms with Crippen molar-refractivity contribution in [2.75, 3.05) is 22.9 Å². The van der Waals surface area contributed by atoms with Crippen molar-refractivity contribution in [2.24, 2.45) is 0 Å². The molecule has 7 heteroatoms. The van der Waals surface area contributed by atoms with E-state index in [2.05, 4.69) is 72.7 Å². The molecule has 3 aromatic rings. The van der Waals surface area contributed by atoms with Gasteiger partial charge in [0.15, 0.2) is 0 Å². The lowest BCUT2D eigenvalue weighted by Gasteiger charge is -2.15. The van der Waals surface area contributed by atoms with Crippen LogP contribution < -0.4 is 16.4 Å². The van der Waals surface area contributed by atoms with Crippen molar-refractivity contribution in [2.45, 2.75) is 26.3 Å². The van der Waals surface area contributed by atoms with Gasteiger partial charge in [-0.05, 0) is 43.5 Å². The molecule has 6 nitrogen and oxygen atoms in total. The average Bonchev–Trinajstić information content (AvgIpc) is 2.63. The Balaban J connectivity index is 1.61. The highest BCUT2D eigenvalue weighted by Crippen LogP contribution is 2.20. The molecule has 0 radical (unpaired) electrons. The third kappa shape index (κ3) is 5.65. The minimum atomic E-state index is 0.0420. The second-order valence-electron chi connectivity index (χ2n) is 6.42. The summed E-state index contributed by atoms with van der Waals surface area (Å²) in [5.74, 6) is 1.12. The Morgan fingerprint density at radius 2 is 1.63 bits per heavy atom. The van der Waals surface area contributed by atoms with Gasteiger partial charge in [-0.1, -0.05) is 57.9 Å². The molecule has 0 aliphatic heterocycles. The average molecular weight is 427 g/mol. The number of nitrogens with one attached hydrogen (secondary N) is 2. The van der Waals surface area contributed by atoms with Crippen LogP contribution in [0.5, 0.6) is 0 Å². The molecule has 0 fully saturated rings. The number of nitrogen functional groups attached to an aromatic ring is 1. The SMILES string of the molecule is Cc1ccc(CCNc2nc(N)nc(N[C@@H](C)c3ccc(Br)cc3)n2)cc1. The predicted molar refractivity (Wildman–Crippen MR) is 114 cm³/mol. The predicted octanol–water partition coefficient (Wildman–Crippen LogP) is 4.35. The topological polar surface area (TPSA) is 88.8 Å². The van der Waals surface area contributed by atoms with Crippen LogP contribution in [-0.4, -0.2) is 21.5 Å². The first-order valence-corrected chi connectivity index (χ1v) is 9.62. The number of benzene rings is 2. The highest BCUT2D eigenvalue weighted by Gasteiger charge is 2.09. The minimum absolute atomic E-state index is 0.0420. The Hall–Kier alpha value is -2.67. The van der Waals surface area contributed by atoms with Crippen LogP contribution >= 0.6 is 15.9 Å². The van der Waals surface area contributed by atoms with Gasteiger partial charge in [0.1, 0.15) is 0 Å². The fraction of sp³-hybridized carbons (Fsp3) is 0.250. The Morgan fingerprint density at radius 1 is 0.963 bits per heavy atom. The molecular formula is C20H23BrN6. The molecular weight excluding hydrogens is 404 g/mol. The van der Waals surface area contributed by atoms with Crippen LogP contribution in [0.2, 0.25) is 0 Å². The summed E-state index contributed by atoms with van der Waals surface area (Å²) in [5, 5.41) is 6.50. The fourth-order valence-corrected chi connectivity index (χ4v) is 2.90. The van der Waals surface area contributed by atoms with Crippen LogP contribution in [0.3, 0.4) is 0 Å². The number of halogens is 1. The van der Waals surface area contributed by atoms with Gasteiger partial charge in [0.25, 0.3) is 0 Å². The van der Waals surface area contributed by atoms with Gasteiger partial charge in [-0.2, -0.15) is 15.0 Å². The van der Waals surface area contributed by atoms with E-state index in [9.17, 15) is 0 Å². The minimum Gasteiger partial charge on any atom is -0.368 e. The van der Waals surface area contributed by atoms with Crippen LogP contribution in [0.15, 0.2) is 53.0 Å². The molecule has 27 heavy (non-hydrogen) atoms. The van der Waals surface area contributed by atoms with E-state index in [1.807, 2.05) is 31.2 Å². The molecule has 0 aliphatic rings. The van der Waals surface area contributed by atoms with Crippen molar-refractivity contribution in [3.05, 3.63) is 69.7 Å². The molecule has 1 atom stereocenters. The van der Waals surface area contributed by atoms with Crippen molar-refractivity contribution < 1.29 is 0 Å². The summed E-state index contributed by atoms with van der Waals surface area (Å²) >= 11 is 3.45. The molecule has 0 spiro atoms. The number of aromatic nitrogens is 3. The molecule has 0 aliphatic carbocycles. The first kappa shape index (κ1) is 19.1. The van der Waals surface area contributed by atoms with Gasteiger partial charge >= 0.3 is 0 Å². The molecule has 0 amide bonds. The van der Waals surface area contributed by atoms with Crippen molar-refractivity contribution in [3.63, 3.8) is 0 Å². The summed E-state index contributed by atoms with van der Waals surface area (Å²) in [5.41, 5.74) is 9.49. The first-order chi connectivity index (χ1) is 13.0. The van der Waals surface area contributed by atoms with E-state index in [4.69, 9.17) is 5.73 Å². The number of hydrogen-bond donors (Lipinski definition) is 3. The zero-order valence-corrected chi connectivity index (χ0v) is 17.0. The van der Waals surface area contributed by atoms with Crippen LogP contribution in [0.1, 0.15) is 29.7 Å². The summed E-state index contributed by atoms with van der Waals surface area (Å²) in [4.78, 5) is 12.8. The highest BCUT2D eigenvalue weighted by molar-refractivity contribution is 9.10. The first-order valence-electron chi connectivity index (χ1n) is 8.82. The number of rotatable bonds is 7. The smallest absolute Gasteiger partial charge is 0.229 e. The van der Waals surface area contributed by atoms with Gasteiger partial charge in [-0.3, -0.25) is 0 Å². The van der Waals surface area contributed by atoms with E-state index in [1.165, 1.54) is 11.1 Å². The fourth-order valence-electron chi connectivity index (χ4n) is 2.64. The molecule has 4 N–H and O–H groups in total. The summed E-state index contributed by atoms with van der Waals surface area (Å²) in [6.07, 6.45) is 0.879. The number of hydrogen-bond acceptors (Lipinski definition) is 6. The Morgan fingerprint density at radius 3 is 2.33 bits per heavy atom. The van der Waals surface area contributed by atoms with Gasteiger partial charge in [0.05, 0.1) is 6.04 Å². The molecule has 0 bridgehead atoms.